The molecule has 0 radical (unpaired) electrons. The molecular formula is C14H13FN2O. The minimum atomic E-state index is -0.655. The Morgan fingerprint density at radius 2 is 2.11 bits per heavy atom. The first-order valence-corrected chi connectivity index (χ1v) is 5.92. The molecule has 0 saturated heterocycles. The average Bonchev–Trinajstić information content (AvgIpc) is 3.04. The molecule has 0 unspecified atom stereocenters. The molecule has 1 aliphatic carbocycles. The Morgan fingerprint density at radius 3 is 2.72 bits per heavy atom. The number of carbonyl (C=O) groups excluding carboxylic acids is 1. The van der Waals surface area contributed by atoms with Crippen molar-refractivity contribution in [2.45, 2.75) is 25.3 Å². The fourth-order valence-electron chi connectivity index (χ4n) is 2.50. The van der Waals surface area contributed by atoms with Crippen molar-refractivity contribution in [2.24, 2.45) is 12.0 Å². The van der Waals surface area contributed by atoms with Gasteiger partial charge in [0.1, 0.15) is 11.4 Å². The fraction of sp³-hybridized carbons (Fsp3) is 0.357. The van der Waals surface area contributed by atoms with Gasteiger partial charge in [0.05, 0.1) is 0 Å². The number of fused-ring (bicyclic) bond motifs is 1. The van der Waals surface area contributed by atoms with Crippen molar-refractivity contribution >= 4 is 17.0 Å². The molecule has 0 aliphatic heterocycles. The lowest BCUT2D eigenvalue weighted by Crippen LogP contribution is -2.06. The van der Waals surface area contributed by atoms with Crippen LogP contribution in [0.5, 0.6) is 0 Å². The van der Waals surface area contributed by atoms with Crippen LogP contribution >= 0.6 is 0 Å². The van der Waals surface area contributed by atoms with E-state index in [-0.39, 0.29) is 5.82 Å². The molecule has 1 aromatic carbocycles. The van der Waals surface area contributed by atoms with Crippen LogP contribution in [0.4, 0.5) is 4.39 Å². The molecule has 1 heterocycles. The predicted molar refractivity (Wildman–Crippen MR) is 66.6 cm³/mol. The van der Waals surface area contributed by atoms with Crippen LogP contribution in [0.25, 0.3) is 10.9 Å². The molecule has 3 rings (SSSR count). The van der Waals surface area contributed by atoms with E-state index in [1.54, 1.807) is 6.08 Å². The summed E-state index contributed by atoms with van der Waals surface area (Å²) < 4.78 is 16.1. The van der Waals surface area contributed by atoms with Gasteiger partial charge in [0.25, 0.3) is 0 Å². The molecule has 0 atom stereocenters. The van der Waals surface area contributed by atoms with Crippen LogP contribution in [0.1, 0.15) is 24.1 Å². The molecule has 0 N–H and O–H groups in total. The van der Waals surface area contributed by atoms with Gasteiger partial charge in [-0.3, -0.25) is 0 Å². The number of aryl methyl sites for hydroxylation is 2. The minimum absolute atomic E-state index is 0.287. The van der Waals surface area contributed by atoms with E-state index in [0.29, 0.717) is 18.4 Å². The molecule has 3 nitrogen and oxygen atoms in total. The Labute approximate surface area is 104 Å². The minimum Gasteiger partial charge on any atom is -0.348 e. The van der Waals surface area contributed by atoms with Gasteiger partial charge in [-0.05, 0) is 38.0 Å². The Bertz CT molecular complexity index is 691. The number of rotatable bonds is 2. The van der Waals surface area contributed by atoms with Gasteiger partial charge >= 0.3 is 0 Å². The maximum atomic E-state index is 14.1. The van der Waals surface area contributed by atoms with Crippen molar-refractivity contribution < 1.29 is 9.18 Å². The lowest BCUT2D eigenvalue weighted by atomic mass is 10.0. The first-order chi connectivity index (χ1) is 8.57. The summed E-state index contributed by atoms with van der Waals surface area (Å²) in [7, 11) is 1.95. The number of aliphatic imine (C=N–C) groups is 1. The normalized spacial score (nSPS) is 16.6. The lowest BCUT2D eigenvalue weighted by Gasteiger charge is -2.10. The summed E-state index contributed by atoms with van der Waals surface area (Å²) in [6, 6.07) is 5.29. The third kappa shape index (κ3) is 1.42. The van der Waals surface area contributed by atoms with E-state index in [0.717, 1.165) is 16.6 Å². The number of isocyanates is 1. The van der Waals surface area contributed by atoms with Crippen LogP contribution in [0.3, 0.4) is 0 Å². The third-order valence-electron chi connectivity index (χ3n) is 3.86. The van der Waals surface area contributed by atoms with Gasteiger partial charge in [-0.2, -0.15) is 4.99 Å². The smallest absolute Gasteiger partial charge is 0.235 e. The molecule has 2 aromatic rings. The fourth-order valence-corrected chi connectivity index (χ4v) is 2.50. The molecule has 92 valence electrons. The summed E-state index contributed by atoms with van der Waals surface area (Å²) in [6.07, 6.45) is 3.00. The monoisotopic (exact) mass is 244 g/mol. The highest BCUT2D eigenvalue weighted by Gasteiger charge is 2.46. The Hall–Kier alpha value is -1.93. The van der Waals surface area contributed by atoms with E-state index in [9.17, 15) is 9.18 Å². The quantitative estimate of drug-likeness (QED) is 0.590. The molecule has 1 fully saturated rings. The van der Waals surface area contributed by atoms with E-state index >= 15 is 0 Å². The number of benzene rings is 1. The second-order valence-electron chi connectivity index (χ2n) is 4.97. The molecule has 0 amide bonds. The molecule has 0 bridgehead atoms. The zero-order valence-corrected chi connectivity index (χ0v) is 10.3. The highest BCUT2D eigenvalue weighted by Crippen LogP contribution is 2.50. The maximum Gasteiger partial charge on any atom is 0.235 e. The van der Waals surface area contributed by atoms with Gasteiger partial charge < -0.3 is 4.57 Å². The SMILES string of the molecule is Cc1cc2cc(F)c(C3(N=C=O)CC3)cc2n1C. The van der Waals surface area contributed by atoms with E-state index in [1.807, 2.05) is 30.7 Å². The largest absolute Gasteiger partial charge is 0.348 e. The molecule has 4 heteroatoms. The summed E-state index contributed by atoms with van der Waals surface area (Å²) >= 11 is 0. The highest BCUT2D eigenvalue weighted by atomic mass is 19.1. The van der Waals surface area contributed by atoms with Crippen LogP contribution in [-0.2, 0) is 17.4 Å². The summed E-state index contributed by atoms with van der Waals surface area (Å²) in [5.74, 6) is -0.287. The first-order valence-electron chi connectivity index (χ1n) is 5.92. The Balaban J connectivity index is 2.27. The van der Waals surface area contributed by atoms with Gasteiger partial charge in [-0.1, -0.05) is 0 Å². The number of hydrogen-bond donors (Lipinski definition) is 0. The molecule has 1 aromatic heterocycles. The molecule has 18 heavy (non-hydrogen) atoms. The standard InChI is InChI=1S/C14H13FN2O/c1-9-5-10-6-12(15)11(7-13(10)17(9)2)14(3-4-14)16-8-18/h5-7H,3-4H2,1-2H3. The molecule has 1 saturated carbocycles. The first kappa shape index (κ1) is 11.2. The lowest BCUT2D eigenvalue weighted by molar-refractivity contribution is 0.548. The average molecular weight is 244 g/mol. The van der Waals surface area contributed by atoms with Crippen molar-refractivity contribution in [1.82, 2.24) is 4.57 Å². The van der Waals surface area contributed by atoms with Crippen LogP contribution in [0.2, 0.25) is 0 Å². The van der Waals surface area contributed by atoms with Crippen LogP contribution in [-0.4, -0.2) is 10.6 Å². The topological polar surface area (TPSA) is 34.4 Å². The number of nitrogens with zero attached hydrogens (tertiary/aromatic N) is 2. The van der Waals surface area contributed by atoms with Crippen molar-refractivity contribution in [3.8, 4) is 0 Å². The van der Waals surface area contributed by atoms with E-state index in [2.05, 4.69) is 4.99 Å². The Morgan fingerprint density at radius 1 is 1.39 bits per heavy atom. The van der Waals surface area contributed by atoms with E-state index in [1.165, 1.54) is 6.07 Å². The van der Waals surface area contributed by atoms with Crippen molar-refractivity contribution in [3.05, 3.63) is 35.3 Å². The number of halogens is 1. The van der Waals surface area contributed by atoms with Gasteiger partial charge in [0.2, 0.25) is 6.08 Å². The van der Waals surface area contributed by atoms with E-state index < -0.39 is 5.54 Å². The molecule has 1 aliphatic rings. The maximum absolute atomic E-state index is 14.1. The van der Waals surface area contributed by atoms with Crippen molar-refractivity contribution in [1.29, 1.82) is 0 Å². The predicted octanol–water partition coefficient (Wildman–Crippen LogP) is 2.95. The van der Waals surface area contributed by atoms with Gasteiger partial charge in [0, 0.05) is 29.2 Å². The van der Waals surface area contributed by atoms with Crippen LogP contribution < -0.4 is 0 Å². The molecular weight excluding hydrogens is 231 g/mol. The van der Waals surface area contributed by atoms with Gasteiger partial charge in [-0.25, -0.2) is 9.18 Å². The third-order valence-corrected chi connectivity index (χ3v) is 3.86. The summed E-state index contributed by atoms with van der Waals surface area (Å²) in [6.45, 7) is 1.98. The van der Waals surface area contributed by atoms with Gasteiger partial charge in [0.15, 0.2) is 0 Å². The number of aromatic nitrogens is 1. The summed E-state index contributed by atoms with van der Waals surface area (Å²) in [5.41, 5.74) is 1.90. The van der Waals surface area contributed by atoms with Crippen LogP contribution in [0, 0.1) is 12.7 Å². The molecule has 0 spiro atoms. The second kappa shape index (κ2) is 3.53. The zero-order chi connectivity index (χ0) is 12.9. The van der Waals surface area contributed by atoms with Gasteiger partial charge in [-0.15, -0.1) is 0 Å². The Kier molecular flexibility index (Phi) is 2.19. The van der Waals surface area contributed by atoms with E-state index in [4.69, 9.17) is 0 Å². The number of hydrogen-bond acceptors (Lipinski definition) is 2. The van der Waals surface area contributed by atoms with Crippen molar-refractivity contribution in [2.75, 3.05) is 0 Å². The highest BCUT2D eigenvalue weighted by molar-refractivity contribution is 5.82. The zero-order valence-electron chi connectivity index (χ0n) is 10.3. The summed E-state index contributed by atoms with van der Waals surface area (Å²) in [4.78, 5) is 14.2. The summed E-state index contributed by atoms with van der Waals surface area (Å²) in [5, 5.41) is 0.877. The van der Waals surface area contributed by atoms with Crippen LogP contribution in [0.15, 0.2) is 23.2 Å². The van der Waals surface area contributed by atoms with Crippen molar-refractivity contribution in [3.63, 3.8) is 0 Å². The second-order valence-corrected chi connectivity index (χ2v) is 4.97.